The highest BCUT2D eigenvalue weighted by atomic mass is 16.3. The molecule has 0 aliphatic heterocycles. The first kappa shape index (κ1) is 18.4. The molecule has 1 aliphatic rings. The monoisotopic (exact) mass is 372 g/mol. The van der Waals surface area contributed by atoms with E-state index in [4.69, 9.17) is 5.11 Å². The van der Waals surface area contributed by atoms with Crippen LogP contribution in [0.1, 0.15) is 34.5 Å². The van der Waals surface area contributed by atoms with E-state index in [0.29, 0.717) is 24.6 Å². The molecular weight excluding hydrogens is 348 g/mol. The maximum atomic E-state index is 13.1. The third kappa shape index (κ3) is 4.29. The van der Waals surface area contributed by atoms with E-state index in [0.717, 1.165) is 35.2 Å². The molecule has 0 spiro atoms. The number of hydrogen-bond donors (Lipinski definition) is 1. The molecule has 4 nitrogen and oxygen atoms in total. The highest BCUT2D eigenvalue weighted by Gasteiger charge is 2.33. The second kappa shape index (κ2) is 8.36. The molecule has 2 aromatic carbocycles. The van der Waals surface area contributed by atoms with Crippen LogP contribution < -0.4 is 0 Å². The molecule has 0 unspecified atom stereocenters. The van der Waals surface area contributed by atoms with Crippen LogP contribution in [-0.2, 0) is 13.0 Å². The topological polar surface area (TPSA) is 53.4 Å². The Morgan fingerprint density at radius 2 is 1.64 bits per heavy atom. The quantitative estimate of drug-likeness (QED) is 0.680. The number of aliphatic hydroxyl groups is 1. The van der Waals surface area contributed by atoms with Crippen LogP contribution in [-0.4, -0.2) is 33.5 Å². The number of pyridine rings is 1. The molecule has 4 rings (SSSR count). The minimum absolute atomic E-state index is 0.0676. The Labute approximate surface area is 165 Å². The van der Waals surface area contributed by atoms with E-state index in [1.807, 2.05) is 59.5 Å². The molecule has 0 radical (unpaired) electrons. The summed E-state index contributed by atoms with van der Waals surface area (Å²) in [7, 11) is 0. The largest absolute Gasteiger partial charge is 0.396 e. The Balaban J connectivity index is 1.49. The zero-order valence-corrected chi connectivity index (χ0v) is 15.8. The predicted octanol–water partition coefficient (Wildman–Crippen LogP) is 4.09. The molecule has 1 aliphatic carbocycles. The molecular formula is C24H24N2O2. The normalized spacial score (nSPS) is 13.3. The van der Waals surface area contributed by atoms with Crippen molar-refractivity contribution in [2.45, 2.75) is 31.8 Å². The van der Waals surface area contributed by atoms with Gasteiger partial charge in [-0.3, -0.25) is 9.78 Å². The number of benzene rings is 2. The van der Waals surface area contributed by atoms with Gasteiger partial charge in [-0.2, -0.15) is 0 Å². The maximum Gasteiger partial charge on any atom is 0.254 e. The van der Waals surface area contributed by atoms with Gasteiger partial charge >= 0.3 is 0 Å². The average Bonchev–Trinajstić information content (AvgIpc) is 3.59. The van der Waals surface area contributed by atoms with Crippen LogP contribution in [0.2, 0.25) is 0 Å². The van der Waals surface area contributed by atoms with Crippen LogP contribution in [0.15, 0.2) is 72.9 Å². The summed E-state index contributed by atoms with van der Waals surface area (Å²) in [5, 5.41) is 9.03. The lowest BCUT2D eigenvalue weighted by Crippen LogP contribution is -2.32. The van der Waals surface area contributed by atoms with E-state index in [2.05, 4.69) is 17.1 Å². The molecule has 0 saturated heterocycles. The van der Waals surface area contributed by atoms with Crippen molar-refractivity contribution in [2.75, 3.05) is 6.61 Å². The van der Waals surface area contributed by atoms with Gasteiger partial charge in [0.1, 0.15) is 0 Å². The smallest absolute Gasteiger partial charge is 0.254 e. The molecule has 3 aromatic rings. The van der Waals surface area contributed by atoms with Crippen LogP contribution in [0.25, 0.3) is 11.1 Å². The summed E-state index contributed by atoms with van der Waals surface area (Å²) in [4.78, 5) is 19.4. The first-order valence-corrected chi connectivity index (χ1v) is 9.76. The van der Waals surface area contributed by atoms with Crippen molar-refractivity contribution >= 4 is 5.91 Å². The van der Waals surface area contributed by atoms with Gasteiger partial charge in [0.05, 0.1) is 12.2 Å². The lowest BCUT2D eigenvalue weighted by Gasteiger charge is -2.22. The number of aromatic nitrogens is 1. The SMILES string of the molecule is O=C(c1ccc(-c2ccc(CCO)cc2)cc1)N(Cc1ccccn1)C1CC1. The maximum absolute atomic E-state index is 13.1. The molecule has 1 saturated carbocycles. The molecule has 0 bridgehead atoms. The van der Waals surface area contributed by atoms with Crippen molar-refractivity contribution in [3.8, 4) is 11.1 Å². The van der Waals surface area contributed by atoms with Gasteiger partial charge in [0.25, 0.3) is 5.91 Å². The van der Waals surface area contributed by atoms with Crippen molar-refractivity contribution < 1.29 is 9.90 Å². The van der Waals surface area contributed by atoms with E-state index in [-0.39, 0.29) is 12.5 Å². The standard InChI is InChI=1S/C24H24N2O2/c27-16-14-18-4-6-19(7-5-18)20-8-10-21(11-9-20)24(28)26(23-12-13-23)17-22-3-1-2-15-25-22/h1-11,15,23,27H,12-14,16-17H2. The number of nitrogens with zero attached hydrogens (tertiary/aromatic N) is 2. The molecule has 1 fully saturated rings. The van der Waals surface area contributed by atoms with Gasteiger partial charge in [-0.05, 0) is 60.2 Å². The van der Waals surface area contributed by atoms with Gasteiger partial charge in [-0.25, -0.2) is 0 Å². The Bertz CT molecular complexity index is 917. The Kier molecular flexibility index (Phi) is 5.49. The lowest BCUT2D eigenvalue weighted by atomic mass is 10.0. The van der Waals surface area contributed by atoms with Gasteiger partial charge in [-0.15, -0.1) is 0 Å². The summed E-state index contributed by atoms with van der Waals surface area (Å²) in [5.41, 5.74) is 4.93. The highest BCUT2D eigenvalue weighted by molar-refractivity contribution is 5.95. The molecule has 142 valence electrons. The van der Waals surface area contributed by atoms with E-state index >= 15 is 0 Å². The second-order valence-electron chi connectivity index (χ2n) is 7.23. The first-order chi connectivity index (χ1) is 13.7. The van der Waals surface area contributed by atoms with E-state index in [1.165, 1.54) is 0 Å². The van der Waals surface area contributed by atoms with E-state index < -0.39 is 0 Å². The van der Waals surface area contributed by atoms with Gasteiger partial charge in [0.15, 0.2) is 0 Å². The zero-order chi connectivity index (χ0) is 19.3. The number of hydrogen-bond acceptors (Lipinski definition) is 3. The third-order valence-electron chi connectivity index (χ3n) is 5.13. The number of amides is 1. The first-order valence-electron chi connectivity index (χ1n) is 9.76. The molecule has 1 N–H and O–H groups in total. The number of rotatable bonds is 7. The summed E-state index contributed by atoms with van der Waals surface area (Å²) in [6.45, 7) is 0.713. The summed E-state index contributed by atoms with van der Waals surface area (Å²) in [6.07, 6.45) is 4.57. The summed E-state index contributed by atoms with van der Waals surface area (Å²) in [5.74, 6) is 0.0676. The van der Waals surface area contributed by atoms with Gasteiger partial charge < -0.3 is 10.0 Å². The van der Waals surface area contributed by atoms with Crippen molar-refractivity contribution in [1.82, 2.24) is 9.88 Å². The van der Waals surface area contributed by atoms with Crippen LogP contribution >= 0.6 is 0 Å². The van der Waals surface area contributed by atoms with Crippen LogP contribution in [0, 0.1) is 0 Å². The van der Waals surface area contributed by atoms with Crippen molar-refractivity contribution in [1.29, 1.82) is 0 Å². The van der Waals surface area contributed by atoms with Crippen LogP contribution in [0.4, 0.5) is 0 Å². The number of carbonyl (C=O) groups excluding carboxylic acids is 1. The van der Waals surface area contributed by atoms with Crippen molar-refractivity contribution in [2.24, 2.45) is 0 Å². The molecule has 28 heavy (non-hydrogen) atoms. The molecule has 1 aromatic heterocycles. The third-order valence-corrected chi connectivity index (χ3v) is 5.13. The van der Waals surface area contributed by atoms with Gasteiger partial charge in [0.2, 0.25) is 0 Å². The van der Waals surface area contributed by atoms with Crippen LogP contribution in [0.5, 0.6) is 0 Å². The molecule has 0 atom stereocenters. The van der Waals surface area contributed by atoms with E-state index in [1.54, 1.807) is 6.20 Å². The minimum Gasteiger partial charge on any atom is -0.396 e. The van der Waals surface area contributed by atoms with Gasteiger partial charge in [-0.1, -0.05) is 42.5 Å². The summed E-state index contributed by atoms with van der Waals surface area (Å²) in [6, 6.07) is 22.1. The van der Waals surface area contributed by atoms with E-state index in [9.17, 15) is 4.79 Å². The Morgan fingerprint density at radius 3 is 2.21 bits per heavy atom. The zero-order valence-electron chi connectivity index (χ0n) is 15.8. The fraction of sp³-hybridized carbons (Fsp3) is 0.250. The number of carbonyl (C=O) groups is 1. The molecule has 4 heteroatoms. The average molecular weight is 372 g/mol. The summed E-state index contributed by atoms with van der Waals surface area (Å²) >= 11 is 0. The Hall–Kier alpha value is -2.98. The highest BCUT2D eigenvalue weighted by Crippen LogP contribution is 2.30. The minimum atomic E-state index is 0.0676. The fourth-order valence-electron chi connectivity index (χ4n) is 3.38. The van der Waals surface area contributed by atoms with Crippen molar-refractivity contribution in [3.05, 3.63) is 89.7 Å². The van der Waals surface area contributed by atoms with Crippen LogP contribution in [0.3, 0.4) is 0 Å². The number of aliphatic hydroxyl groups excluding tert-OH is 1. The summed E-state index contributed by atoms with van der Waals surface area (Å²) < 4.78 is 0. The Morgan fingerprint density at radius 1 is 0.964 bits per heavy atom. The second-order valence-corrected chi connectivity index (χ2v) is 7.23. The molecule has 1 amide bonds. The van der Waals surface area contributed by atoms with Crippen molar-refractivity contribution in [3.63, 3.8) is 0 Å². The van der Waals surface area contributed by atoms with Gasteiger partial charge in [0, 0.05) is 24.4 Å². The fourth-order valence-corrected chi connectivity index (χ4v) is 3.38. The molecule has 1 heterocycles. The predicted molar refractivity (Wildman–Crippen MR) is 110 cm³/mol. The lowest BCUT2D eigenvalue weighted by molar-refractivity contribution is 0.0728.